The summed E-state index contributed by atoms with van der Waals surface area (Å²) in [5.74, 6) is 0.793. The van der Waals surface area contributed by atoms with E-state index in [1.165, 1.54) is 6.21 Å². The molecule has 0 saturated heterocycles. The Morgan fingerprint density at radius 2 is 1.84 bits per heavy atom. The lowest BCUT2D eigenvalue weighted by Gasteiger charge is -2.14. The first-order valence-electron chi connectivity index (χ1n) is 9.80. The van der Waals surface area contributed by atoms with Crippen molar-refractivity contribution in [2.24, 2.45) is 5.10 Å². The second-order valence-electron chi connectivity index (χ2n) is 6.84. The number of rotatable bonds is 8. The van der Waals surface area contributed by atoms with Crippen molar-refractivity contribution >= 4 is 51.3 Å². The fourth-order valence-electron chi connectivity index (χ4n) is 2.77. The summed E-state index contributed by atoms with van der Waals surface area (Å²) in [7, 11) is 0. The Balaban J connectivity index is 1.71. The van der Waals surface area contributed by atoms with E-state index in [9.17, 15) is 4.79 Å². The normalized spacial score (nSPS) is 10.9. The van der Waals surface area contributed by atoms with Crippen molar-refractivity contribution in [1.29, 1.82) is 0 Å². The van der Waals surface area contributed by atoms with Gasteiger partial charge in [-0.2, -0.15) is 5.10 Å². The highest BCUT2D eigenvalue weighted by Crippen LogP contribution is 2.37. The molecule has 0 aliphatic rings. The van der Waals surface area contributed by atoms with E-state index in [0.717, 1.165) is 16.7 Å². The predicted molar refractivity (Wildman–Crippen MR) is 132 cm³/mol. The van der Waals surface area contributed by atoms with Gasteiger partial charge in [0.15, 0.2) is 11.5 Å². The van der Waals surface area contributed by atoms with Crippen LogP contribution in [0.5, 0.6) is 11.5 Å². The zero-order valence-electron chi connectivity index (χ0n) is 17.5. The molecule has 0 heterocycles. The van der Waals surface area contributed by atoms with Gasteiger partial charge < -0.3 is 9.47 Å². The van der Waals surface area contributed by atoms with E-state index < -0.39 is 0 Å². The van der Waals surface area contributed by atoms with E-state index in [0.29, 0.717) is 44.8 Å². The third-order valence-electron chi connectivity index (χ3n) is 4.44. The Kier molecular flexibility index (Phi) is 8.56. The molecule has 5 nitrogen and oxygen atoms in total. The molecule has 32 heavy (non-hydrogen) atoms. The Hall–Kier alpha value is -2.54. The number of carbonyl (C=O) groups is 1. The van der Waals surface area contributed by atoms with E-state index >= 15 is 0 Å². The first-order chi connectivity index (χ1) is 15.4. The molecule has 0 aromatic heterocycles. The number of nitrogens with zero attached hydrogens (tertiary/aromatic N) is 1. The minimum absolute atomic E-state index is 0.352. The van der Waals surface area contributed by atoms with Crippen LogP contribution in [-0.4, -0.2) is 18.7 Å². The van der Waals surface area contributed by atoms with Crippen LogP contribution in [0.1, 0.15) is 34.0 Å². The van der Waals surface area contributed by atoms with Crippen LogP contribution >= 0.6 is 39.1 Å². The summed E-state index contributed by atoms with van der Waals surface area (Å²) in [4.78, 5) is 12.3. The highest BCUT2D eigenvalue weighted by Gasteiger charge is 2.13. The number of hydrazone groups is 1. The van der Waals surface area contributed by atoms with Crippen molar-refractivity contribution in [1.82, 2.24) is 5.43 Å². The average molecular weight is 536 g/mol. The smallest absolute Gasteiger partial charge is 0.271 e. The number of aryl methyl sites for hydroxylation is 1. The quantitative estimate of drug-likeness (QED) is 0.254. The lowest BCUT2D eigenvalue weighted by atomic mass is 10.1. The largest absolute Gasteiger partial charge is 0.490 e. The topological polar surface area (TPSA) is 59.9 Å². The van der Waals surface area contributed by atoms with Gasteiger partial charge in [0.2, 0.25) is 0 Å². The van der Waals surface area contributed by atoms with Crippen LogP contribution < -0.4 is 14.9 Å². The number of benzene rings is 3. The van der Waals surface area contributed by atoms with Crippen molar-refractivity contribution in [2.45, 2.75) is 20.5 Å². The van der Waals surface area contributed by atoms with Gasteiger partial charge in [-0.3, -0.25) is 4.79 Å². The van der Waals surface area contributed by atoms with Gasteiger partial charge in [-0.25, -0.2) is 5.43 Å². The summed E-state index contributed by atoms with van der Waals surface area (Å²) in [5, 5.41) is 5.25. The Morgan fingerprint density at radius 3 is 2.53 bits per heavy atom. The monoisotopic (exact) mass is 534 g/mol. The van der Waals surface area contributed by atoms with Crippen LogP contribution in [0.25, 0.3) is 0 Å². The molecular weight excluding hydrogens is 515 g/mol. The molecular formula is C24H21BrCl2N2O3. The summed E-state index contributed by atoms with van der Waals surface area (Å²) in [6.07, 6.45) is 1.53. The summed E-state index contributed by atoms with van der Waals surface area (Å²) in [6, 6.07) is 16.2. The molecule has 1 N–H and O–H groups in total. The van der Waals surface area contributed by atoms with Gasteiger partial charge in [-0.05, 0) is 82.9 Å². The molecule has 1 amide bonds. The summed E-state index contributed by atoms with van der Waals surface area (Å²) in [5.41, 5.74) is 5.54. The highest BCUT2D eigenvalue weighted by molar-refractivity contribution is 9.10. The van der Waals surface area contributed by atoms with Gasteiger partial charge in [0, 0.05) is 15.6 Å². The first kappa shape index (κ1) is 24.1. The third-order valence-corrected chi connectivity index (χ3v) is 5.69. The van der Waals surface area contributed by atoms with Crippen LogP contribution in [0.4, 0.5) is 0 Å². The van der Waals surface area contributed by atoms with Crippen molar-refractivity contribution in [2.75, 3.05) is 6.61 Å². The van der Waals surface area contributed by atoms with Gasteiger partial charge >= 0.3 is 0 Å². The molecule has 0 unspecified atom stereocenters. The average Bonchev–Trinajstić information content (AvgIpc) is 2.76. The minimum atomic E-state index is -0.352. The molecule has 3 aromatic carbocycles. The minimum Gasteiger partial charge on any atom is -0.490 e. The lowest BCUT2D eigenvalue weighted by Crippen LogP contribution is -2.17. The molecule has 8 heteroatoms. The number of hydrogen-bond acceptors (Lipinski definition) is 4. The van der Waals surface area contributed by atoms with Gasteiger partial charge in [0.25, 0.3) is 5.91 Å². The number of amides is 1. The summed E-state index contributed by atoms with van der Waals surface area (Å²) < 4.78 is 12.4. The van der Waals surface area contributed by atoms with Crippen LogP contribution in [0.15, 0.2) is 64.2 Å². The second kappa shape index (κ2) is 11.4. The van der Waals surface area contributed by atoms with Crippen molar-refractivity contribution in [3.8, 4) is 11.5 Å². The molecule has 166 valence electrons. The van der Waals surface area contributed by atoms with E-state index in [2.05, 4.69) is 26.5 Å². The number of carbonyl (C=O) groups excluding carboxylic acids is 1. The lowest BCUT2D eigenvalue weighted by molar-refractivity contribution is 0.0955. The molecule has 0 fully saturated rings. The van der Waals surface area contributed by atoms with E-state index in [4.69, 9.17) is 32.7 Å². The van der Waals surface area contributed by atoms with E-state index in [1.807, 2.05) is 44.2 Å². The molecule has 0 saturated carbocycles. The molecule has 0 spiro atoms. The maximum atomic E-state index is 12.3. The number of halogens is 3. The molecule has 0 bridgehead atoms. The number of hydrogen-bond donors (Lipinski definition) is 1. The summed E-state index contributed by atoms with van der Waals surface area (Å²) in [6.45, 7) is 4.59. The van der Waals surface area contributed by atoms with Gasteiger partial charge in [0.05, 0.1) is 17.3 Å². The van der Waals surface area contributed by atoms with Crippen LogP contribution in [0, 0.1) is 6.92 Å². The van der Waals surface area contributed by atoms with Crippen LogP contribution in [-0.2, 0) is 6.61 Å². The number of ether oxygens (including phenoxy) is 2. The van der Waals surface area contributed by atoms with Crippen molar-refractivity contribution in [3.05, 3.63) is 91.4 Å². The third kappa shape index (κ3) is 6.48. The zero-order valence-corrected chi connectivity index (χ0v) is 20.6. The Morgan fingerprint density at radius 1 is 1.09 bits per heavy atom. The Labute approximate surface area is 205 Å². The van der Waals surface area contributed by atoms with Gasteiger partial charge in [-0.15, -0.1) is 0 Å². The molecule has 3 aromatic rings. The molecule has 3 rings (SSSR count). The summed E-state index contributed by atoms with van der Waals surface area (Å²) >= 11 is 15.6. The van der Waals surface area contributed by atoms with Crippen molar-refractivity contribution in [3.63, 3.8) is 0 Å². The van der Waals surface area contributed by atoms with Gasteiger partial charge in [-0.1, -0.05) is 41.4 Å². The van der Waals surface area contributed by atoms with E-state index in [-0.39, 0.29) is 5.91 Å². The second-order valence-corrected chi connectivity index (χ2v) is 8.54. The standard InChI is InChI=1S/C24H21BrCl2N2O3/c1-3-31-22-11-17(13-28-29-24(30)18-7-4-15(2)21(27)12-18)10-20(25)23(22)32-14-16-5-8-19(26)9-6-16/h4-13H,3,14H2,1-2H3,(H,29,30)/b28-13-. The fraction of sp³-hybridized carbons (Fsp3) is 0.167. The Bertz CT molecular complexity index is 1130. The number of nitrogens with one attached hydrogen (secondary N) is 1. The fourth-order valence-corrected chi connectivity index (χ4v) is 3.65. The first-order valence-corrected chi connectivity index (χ1v) is 11.4. The molecule has 0 aliphatic carbocycles. The van der Waals surface area contributed by atoms with E-state index in [1.54, 1.807) is 24.3 Å². The maximum absolute atomic E-state index is 12.3. The van der Waals surface area contributed by atoms with Gasteiger partial charge in [0.1, 0.15) is 6.61 Å². The predicted octanol–water partition coefficient (Wildman–Crippen LogP) is 6.81. The zero-order chi connectivity index (χ0) is 23.1. The molecule has 0 radical (unpaired) electrons. The SMILES string of the molecule is CCOc1cc(/C=N\NC(=O)c2ccc(C)c(Cl)c2)cc(Br)c1OCc1ccc(Cl)cc1. The maximum Gasteiger partial charge on any atom is 0.271 e. The highest BCUT2D eigenvalue weighted by atomic mass is 79.9. The molecule has 0 atom stereocenters. The molecule has 0 aliphatic heterocycles. The van der Waals surface area contributed by atoms with Crippen LogP contribution in [0.2, 0.25) is 10.0 Å². The van der Waals surface area contributed by atoms with Crippen LogP contribution in [0.3, 0.4) is 0 Å². The van der Waals surface area contributed by atoms with Crippen molar-refractivity contribution < 1.29 is 14.3 Å².